The van der Waals surface area contributed by atoms with Crippen LogP contribution in [-0.4, -0.2) is 44.1 Å². The zero-order valence-electron chi connectivity index (χ0n) is 7.82. The van der Waals surface area contributed by atoms with E-state index in [1.54, 1.807) is 5.48 Å². The summed E-state index contributed by atoms with van der Waals surface area (Å²) >= 11 is 0. The summed E-state index contributed by atoms with van der Waals surface area (Å²) in [6.07, 6.45) is 0. The third-order valence-electron chi connectivity index (χ3n) is 1.21. The zero-order chi connectivity index (χ0) is 9.94. The highest BCUT2D eigenvalue weighted by Crippen LogP contribution is 1.79. The van der Waals surface area contributed by atoms with Crippen LogP contribution >= 0.6 is 0 Å². The molecule has 0 saturated heterocycles. The molecule has 0 aliphatic rings. The van der Waals surface area contributed by atoms with Crippen LogP contribution in [0.3, 0.4) is 0 Å². The fourth-order valence-electron chi connectivity index (χ4n) is 0.630. The zero-order valence-corrected chi connectivity index (χ0v) is 7.82. The molecule has 0 aromatic carbocycles. The fourth-order valence-corrected chi connectivity index (χ4v) is 0.630. The lowest BCUT2D eigenvalue weighted by atomic mass is 10.7. The van der Waals surface area contributed by atoms with Crippen molar-refractivity contribution in [2.45, 2.75) is 6.92 Å². The average molecular weight is 191 g/mol. The van der Waals surface area contributed by atoms with Gasteiger partial charge < -0.3 is 15.2 Å². The summed E-state index contributed by atoms with van der Waals surface area (Å²) in [7, 11) is 0. The van der Waals surface area contributed by atoms with Crippen LogP contribution in [0.25, 0.3) is 0 Å². The second-order valence-corrected chi connectivity index (χ2v) is 2.19. The summed E-state index contributed by atoms with van der Waals surface area (Å²) < 4.78 is 10.2. The van der Waals surface area contributed by atoms with Gasteiger partial charge >= 0.3 is 0 Å². The molecule has 0 fully saturated rings. The van der Waals surface area contributed by atoms with Gasteiger partial charge in [-0.3, -0.25) is 5.21 Å². The van der Waals surface area contributed by atoms with Gasteiger partial charge in [-0.1, -0.05) is 0 Å². The maximum Gasteiger partial charge on any atom is 0.212 e. The van der Waals surface area contributed by atoms with Gasteiger partial charge in [0.2, 0.25) is 5.96 Å². The molecule has 4 N–H and O–H groups in total. The minimum Gasteiger partial charge on any atom is -0.379 e. The van der Waals surface area contributed by atoms with Gasteiger partial charge in [0.1, 0.15) is 0 Å². The first-order chi connectivity index (χ1) is 6.31. The van der Waals surface area contributed by atoms with E-state index in [1.807, 2.05) is 6.92 Å². The average Bonchev–Trinajstić information content (AvgIpc) is 2.16. The van der Waals surface area contributed by atoms with Crippen molar-refractivity contribution in [3.63, 3.8) is 0 Å². The Labute approximate surface area is 77.7 Å². The molecule has 0 heterocycles. The maximum atomic E-state index is 8.24. The highest BCUT2D eigenvalue weighted by Gasteiger charge is 1.88. The van der Waals surface area contributed by atoms with Crippen molar-refractivity contribution in [3.8, 4) is 0 Å². The van der Waals surface area contributed by atoms with Crippen molar-refractivity contribution in [1.29, 1.82) is 0 Å². The van der Waals surface area contributed by atoms with E-state index in [-0.39, 0.29) is 5.96 Å². The lowest BCUT2D eigenvalue weighted by molar-refractivity contribution is 0.0561. The van der Waals surface area contributed by atoms with Gasteiger partial charge in [0.05, 0.1) is 26.4 Å². The van der Waals surface area contributed by atoms with E-state index in [0.29, 0.717) is 33.0 Å². The quantitative estimate of drug-likeness (QED) is 0.215. The van der Waals surface area contributed by atoms with Crippen molar-refractivity contribution in [2.75, 3.05) is 33.0 Å². The van der Waals surface area contributed by atoms with Gasteiger partial charge in [0, 0.05) is 6.61 Å². The molecule has 0 bridgehead atoms. The predicted octanol–water partition coefficient (Wildman–Crippen LogP) is -0.667. The first-order valence-electron chi connectivity index (χ1n) is 4.16. The van der Waals surface area contributed by atoms with Crippen LogP contribution in [-0.2, 0) is 9.47 Å². The lowest BCUT2D eigenvalue weighted by Gasteiger charge is -2.02. The van der Waals surface area contributed by atoms with Crippen molar-refractivity contribution < 1.29 is 14.7 Å². The molecule has 0 unspecified atom stereocenters. The van der Waals surface area contributed by atoms with Crippen LogP contribution in [0.5, 0.6) is 0 Å². The number of guanidine groups is 1. The van der Waals surface area contributed by atoms with Gasteiger partial charge in [0.15, 0.2) is 0 Å². The third kappa shape index (κ3) is 9.06. The van der Waals surface area contributed by atoms with Crippen molar-refractivity contribution in [1.82, 2.24) is 5.48 Å². The largest absolute Gasteiger partial charge is 0.379 e. The molecule has 13 heavy (non-hydrogen) atoms. The van der Waals surface area contributed by atoms with Gasteiger partial charge in [-0.25, -0.2) is 10.5 Å². The first kappa shape index (κ1) is 12.2. The standard InChI is InChI=1S/C7H17N3O3/c1-2-12-5-6-13-4-3-9-7(8)10-11/h11H,2-6H2,1H3,(H3,8,9,10). The van der Waals surface area contributed by atoms with E-state index in [0.717, 1.165) is 0 Å². The Kier molecular flexibility index (Phi) is 8.64. The number of hydrogen-bond donors (Lipinski definition) is 3. The smallest absolute Gasteiger partial charge is 0.212 e. The first-order valence-corrected chi connectivity index (χ1v) is 4.16. The Balaban J connectivity index is 3.08. The SMILES string of the molecule is CCOCCOCCN=C(N)NO. The number of aliphatic imine (C=N–C) groups is 1. The Hall–Kier alpha value is -0.850. The van der Waals surface area contributed by atoms with Crippen molar-refractivity contribution in [2.24, 2.45) is 10.7 Å². The van der Waals surface area contributed by atoms with Crippen molar-refractivity contribution >= 4 is 5.96 Å². The molecule has 0 aromatic heterocycles. The number of ether oxygens (including phenoxy) is 2. The van der Waals surface area contributed by atoms with Crippen LogP contribution in [0.2, 0.25) is 0 Å². The molecule has 0 aliphatic heterocycles. The molecule has 0 radical (unpaired) electrons. The molecule has 0 aliphatic carbocycles. The van der Waals surface area contributed by atoms with Gasteiger partial charge in [-0.2, -0.15) is 0 Å². The second kappa shape index (κ2) is 9.24. The van der Waals surface area contributed by atoms with Crippen LogP contribution in [0.15, 0.2) is 4.99 Å². The highest BCUT2D eigenvalue weighted by atomic mass is 16.5. The molecule has 6 nitrogen and oxygen atoms in total. The van der Waals surface area contributed by atoms with E-state index in [2.05, 4.69) is 4.99 Å². The minimum absolute atomic E-state index is 0.00610. The lowest BCUT2D eigenvalue weighted by Crippen LogP contribution is -2.28. The summed E-state index contributed by atoms with van der Waals surface area (Å²) in [5, 5.41) is 8.24. The Morgan fingerprint density at radius 2 is 2.08 bits per heavy atom. The molecule has 0 rings (SSSR count). The van der Waals surface area contributed by atoms with E-state index in [4.69, 9.17) is 20.4 Å². The topological polar surface area (TPSA) is 89.1 Å². The highest BCUT2D eigenvalue weighted by molar-refractivity contribution is 5.76. The van der Waals surface area contributed by atoms with Gasteiger partial charge in [-0.15, -0.1) is 0 Å². The summed E-state index contributed by atoms with van der Waals surface area (Å²) in [4.78, 5) is 3.73. The number of nitrogens with two attached hydrogens (primary N) is 1. The summed E-state index contributed by atoms with van der Waals surface area (Å²) in [5.74, 6) is -0.00610. The van der Waals surface area contributed by atoms with E-state index in [9.17, 15) is 0 Å². The van der Waals surface area contributed by atoms with E-state index >= 15 is 0 Å². The minimum atomic E-state index is -0.00610. The number of rotatable bonds is 7. The van der Waals surface area contributed by atoms with Crippen LogP contribution in [0.4, 0.5) is 0 Å². The molecular weight excluding hydrogens is 174 g/mol. The third-order valence-corrected chi connectivity index (χ3v) is 1.21. The molecule has 0 aromatic rings. The second-order valence-electron chi connectivity index (χ2n) is 2.19. The van der Waals surface area contributed by atoms with Gasteiger partial charge in [0.25, 0.3) is 0 Å². The van der Waals surface area contributed by atoms with Crippen LogP contribution in [0, 0.1) is 0 Å². The molecular formula is C7H17N3O3. The normalized spacial score (nSPS) is 11.7. The number of nitrogens with one attached hydrogen (secondary N) is 1. The Bertz CT molecular complexity index is 141. The van der Waals surface area contributed by atoms with Gasteiger partial charge in [-0.05, 0) is 6.92 Å². The van der Waals surface area contributed by atoms with Crippen LogP contribution < -0.4 is 11.2 Å². The monoisotopic (exact) mass is 191 g/mol. The van der Waals surface area contributed by atoms with E-state index < -0.39 is 0 Å². The van der Waals surface area contributed by atoms with Crippen molar-refractivity contribution in [3.05, 3.63) is 0 Å². The number of hydrogen-bond acceptors (Lipinski definition) is 4. The maximum absolute atomic E-state index is 8.24. The number of nitrogens with zero attached hydrogens (tertiary/aromatic N) is 1. The molecule has 6 heteroatoms. The summed E-state index contributed by atoms with van der Waals surface area (Å²) in [6.45, 7) is 4.66. The van der Waals surface area contributed by atoms with Crippen LogP contribution in [0.1, 0.15) is 6.92 Å². The summed E-state index contributed by atoms with van der Waals surface area (Å²) in [6, 6.07) is 0. The molecule has 0 saturated carbocycles. The predicted molar refractivity (Wildman–Crippen MR) is 48.7 cm³/mol. The molecule has 0 spiro atoms. The number of hydroxylamine groups is 1. The molecule has 0 atom stereocenters. The Morgan fingerprint density at radius 3 is 2.69 bits per heavy atom. The molecule has 0 amide bonds. The summed E-state index contributed by atoms with van der Waals surface area (Å²) in [5.41, 5.74) is 6.87. The molecule has 78 valence electrons. The Morgan fingerprint density at radius 1 is 1.38 bits per heavy atom. The fraction of sp³-hybridized carbons (Fsp3) is 0.857. The van der Waals surface area contributed by atoms with E-state index in [1.165, 1.54) is 0 Å².